The number of anilines is 1. The molecule has 8 heteroatoms. The Kier molecular flexibility index (Phi) is 8.00. The van der Waals surface area contributed by atoms with Crippen LogP contribution >= 0.6 is 11.6 Å². The average molecular weight is 487 g/mol. The second-order valence-corrected chi connectivity index (χ2v) is 10.1. The minimum atomic E-state index is -4.00. The van der Waals surface area contributed by atoms with Crippen molar-refractivity contribution in [2.75, 3.05) is 10.8 Å². The van der Waals surface area contributed by atoms with Crippen molar-refractivity contribution in [2.45, 2.75) is 38.3 Å². The quantitative estimate of drug-likeness (QED) is 0.464. The number of benzene rings is 3. The third-order valence-electron chi connectivity index (χ3n) is 4.82. The van der Waals surface area contributed by atoms with Crippen LogP contribution < -0.4 is 14.4 Å². The van der Waals surface area contributed by atoms with Gasteiger partial charge in [-0.1, -0.05) is 48.0 Å². The summed E-state index contributed by atoms with van der Waals surface area (Å²) >= 11 is 6.15. The monoisotopic (exact) mass is 486 g/mol. The molecule has 0 spiro atoms. The molecule has 0 aliphatic rings. The zero-order valence-corrected chi connectivity index (χ0v) is 20.4. The third kappa shape index (κ3) is 6.49. The summed E-state index contributed by atoms with van der Waals surface area (Å²) < 4.78 is 33.7. The molecule has 0 atom stereocenters. The molecule has 6 nitrogen and oxygen atoms in total. The van der Waals surface area contributed by atoms with E-state index in [1.807, 2.05) is 38.1 Å². The molecule has 33 heavy (non-hydrogen) atoms. The molecule has 174 valence electrons. The summed E-state index contributed by atoms with van der Waals surface area (Å²) in [5.41, 5.74) is 1.89. The Labute approximate surface area is 200 Å². The van der Waals surface area contributed by atoms with Gasteiger partial charge in [-0.2, -0.15) is 0 Å². The van der Waals surface area contributed by atoms with Gasteiger partial charge in [-0.05, 0) is 68.3 Å². The maximum atomic E-state index is 13.4. The van der Waals surface area contributed by atoms with Gasteiger partial charge in [-0.15, -0.1) is 0 Å². The number of amides is 1. The summed E-state index contributed by atoms with van der Waals surface area (Å²) in [5, 5.41) is 3.18. The summed E-state index contributed by atoms with van der Waals surface area (Å²) in [6.07, 6.45) is 0.0347. The molecule has 0 saturated heterocycles. The van der Waals surface area contributed by atoms with E-state index in [0.717, 1.165) is 9.87 Å². The van der Waals surface area contributed by atoms with Crippen molar-refractivity contribution >= 4 is 33.2 Å². The summed E-state index contributed by atoms with van der Waals surface area (Å²) in [4.78, 5) is 12.9. The highest BCUT2D eigenvalue weighted by Gasteiger charge is 2.28. The topological polar surface area (TPSA) is 75.7 Å². The second kappa shape index (κ2) is 10.7. The van der Waals surface area contributed by atoms with E-state index in [0.29, 0.717) is 22.0 Å². The van der Waals surface area contributed by atoms with Crippen LogP contribution in [-0.4, -0.2) is 27.0 Å². The van der Waals surface area contributed by atoms with Gasteiger partial charge in [-0.25, -0.2) is 8.42 Å². The van der Waals surface area contributed by atoms with E-state index < -0.39 is 15.9 Å². The van der Waals surface area contributed by atoms with Gasteiger partial charge in [0.1, 0.15) is 12.3 Å². The molecule has 1 amide bonds. The van der Waals surface area contributed by atoms with E-state index in [1.54, 1.807) is 43.3 Å². The Hall–Kier alpha value is -3.03. The number of aryl methyl sites for hydroxylation is 1. The van der Waals surface area contributed by atoms with E-state index in [1.165, 1.54) is 12.1 Å². The number of carbonyl (C=O) groups is 1. The zero-order chi connectivity index (χ0) is 24.0. The Morgan fingerprint density at radius 3 is 2.45 bits per heavy atom. The van der Waals surface area contributed by atoms with Crippen molar-refractivity contribution in [2.24, 2.45) is 0 Å². The van der Waals surface area contributed by atoms with Crippen LogP contribution in [0, 0.1) is 6.92 Å². The fourth-order valence-corrected chi connectivity index (χ4v) is 4.92. The van der Waals surface area contributed by atoms with E-state index in [4.69, 9.17) is 16.3 Å². The standard InChI is InChI=1S/C25H27ClN2O4S/c1-18(2)32-22-9-7-8-20(14-22)16-27-25(29)17-28(24-15-21(26)13-12-19(24)3)33(30,31)23-10-5-4-6-11-23/h4-15,18H,16-17H2,1-3H3,(H,27,29). The molecule has 0 unspecified atom stereocenters. The summed E-state index contributed by atoms with van der Waals surface area (Å²) in [5.74, 6) is 0.267. The lowest BCUT2D eigenvalue weighted by molar-refractivity contribution is -0.119. The van der Waals surface area contributed by atoms with Crippen LogP contribution in [0.3, 0.4) is 0 Å². The molecule has 0 radical (unpaired) electrons. The van der Waals surface area contributed by atoms with Gasteiger partial charge in [0.05, 0.1) is 16.7 Å². The lowest BCUT2D eigenvalue weighted by atomic mass is 10.2. The smallest absolute Gasteiger partial charge is 0.264 e. The van der Waals surface area contributed by atoms with Gasteiger partial charge in [0, 0.05) is 11.6 Å². The first-order chi connectivity index (χ1) is 15.7. The molecule has 0 aromatic heterocycles. The molecular formula is C25H27ClN2O4S. The maximum absolute atomic E-state index is 13.4. The molecule has 3 rings (SSSR count). The Morgan fingerprint density at radius 1 is 1.03 bits per heavy atom. The molecule has 3 aromatic carbocycles. The van der Waals surface area contributed by atoms with Gasteiger partial charge in [0.25, 0.3) is 10.0 Å². The Morgan fingerprint density at radius 2 is 1.76 bits per heavy atom. The van der Waals surface area contributed by atoms with Gasteiger partial charge in [0.2, 0.25) is 5.91 Å². The minimum absolute atomic E-state index is 0.0347. The molecule has 3 aromatic rings. The average Bonchev–Trinajstić information content (AvgIpc) is 2.78. The first kappa shape index (κ1) is 24.6. The Balaban J connectivity index is 1.83. The number of nitrogens with zero attached hydrogens (tertiary/aromatic N) is 1. The van der Waals surface area contributed by atoms with Crippen molar-refractivity contribution in [1.82, 2.24) is 5.32 Å². The largest absolute Gasteiger partial charge is 0.491 e. The SMILES string of the molecule is Cc1ccc(Cl)cc1N(CC(=O)NCc1cccc(OC(C)C)c1)S(=O)(=O)c1ccccc1. The molecule has 0 heterocycles. The van der Waals surface area contributed by atoms with E-state index >= 15 is 0 Å². The van der Waals surface area contributed by atoms with Crippen molar-refractivity contribution in [3.8, 4) is 5.75 Å². The lowest BCUT2D eigenvalue weighted by Gasteiger charge is -2.26. The third-order valence-corrected chi connectivity index (χ3v) is 6.83. The molecule has 0 saturated carbocycles. The first-order valence-corrected chi connectivity index (χ1v) is 12.3. The number of nitrogens with one attached hydrogen (secondary N) is 1. The highest BCUT2D eigenvalue weighted by atomic mass is 35.5. The fraction of sp³-hybridized carbons (Fsp3) is 0.240. The van der Waals surface area contributed by atoms with E-state index in [-0.39, 0.29) is 24.1 Å². The molecule has 0 bridgehead atoms. The predicted molar refractivity (Wildman–Crippen MR) is 131 cm³/mol. The van der Waals surface area contributed by atoms with Crippen molar-refractivity contribution < 1.29 is 17.9 Å². The Bertz CT molecular complexity index is 1210. The second-order valence-electron chi connectivity index (χ2n) is 7.85. The molecular weight excluding hydrogens is 460 g/mol. The molecule has 0 aliphatic heterocycles. The van der Waals surface area contributed by atoms with Crippen LogP contribution in [0.25, 0.3) is 0 Å². The van der Waals surface area contributed by atoms with E-state index in [2.05, 4.69) is 5.32 Å². The van der Waals surface area contributed by atoms with Gasteiger partial charge >= 0.3 is 0 Å². The van der Waals surface area contributed by atoms with Crippen LogP contribution in [-0.2, 0) is 21.4 Å². The summed E-state index contributed by atoms with van der Waals surface area (Å²) in [6.45, 7) is 5.50. The van der Waals surface area contributed by atoms with Gasteiger partial charge in [-0.3, -0.25) is 9.10 Å². The van der Waals surface area contributed by atoms with Crippen molar-refractivity contribution in [1.29, 1.82) is 0 Å². The number of hydrogen-bond acceptors (Lipinski definition) is 4. The van der Waals surface area contributed by atoms with Crippen LogP contribution in [0.2, 0.25) is 5.02 Å². The predicted octanol–water partition coefficient (Wildman–Crippen LogP) is 4.95. The highest BCUT2D eigenvalue weighted by molar-refractivity contribution is 7.92. The number of carbonyl (C=O) groups excluding carboxylic acids is 1. The number of ether oxygens (including phenoxy) is 1. The van der Waals surface area contributed by atoms with E-state index in [9.17, 15) is 13.2 Å². The minimum Gasteiger partial charge on any atom is -0.491 e. The molecule has 1 N–H and O–H groups in total. The zero-order valence-electron chi connectivity index (χ0n) is 18.8. The number of sulfonamides is 1. The highest BCUT2D eigenvalue weighted by Crippen LogP contribution is 2.29. The van der Waals surface area contributed by atoms with Crippen LogP contribution in [0.5, 0.6) is 5.75 Å². The summed E-state index contributed by atoms with van der Waals surface area (Å²) in [6, 6.07) is 20.4. The van der Waals surface area contributed by atoms with Crippen LogP contribution in [0.1, 0.15) is 25.0 Å². The lowest BCUT2D eigenvalue weighted by Crippen LogP contribution is -2.41. The summed E-state index contributed by atoms with van der Waals surface area (Å²) in [7, 11) is -4.00. The normalized spacial score (nSPS) is 11.3. The van der Waals surface area contributed by atoms with Crippen molar-refractivity contribution in [3.63, 3.8) is 0 Å². The molecule has 0 fully saturated rings. The van der Waals surface area contributed by atoms with Crippen LogP contribution in [0.15, 0.2) is 77.7 Å². The number of rotatable bonds is 9. The number of halogens is 1. The fourth-order valence-electron chi connectivity index (χ4n) is 3.26. The maximum Gasteiger partial charge on any atom is 0.264 e. The molecule has 0 aliphatic carbocycles. The van der Waals surface area contributed by atoms with Crippen molar-refractivity contribution in [3.05, 3.63) is 88.9 Å². The number of hydrogen-bond donors (Lipinski definition) is 1. The van der Waals surface area contributed by atoms with Crippen LogP contribution in [0.4, 0.5) is 5.69 Å². The van der Waals surface area contributed by atoms with Gasteiger partial charge < -0.3 is 10.1 Å². The van der Waals surface area contributed by atoms with Gasteiger partial charge in [0.15, 0.2) is 0 Å². The first-order valence-electron chi connectivity index (χ1n) is 10.5.